The minimum Gasteiger partial charge on any atom is -0.412 e. The Labute approximate surface area is 170 Å². The van der Waals surface area contributed by atoms with Gasteiger partial charge in [-0.15, -0.1) is 0 Å². The molecule has 0 aromatic rings. The van der Waals surface area contributed by atoms with Gasteiger partial charge in [-0.2, -0.15) is 0 Å². The van der Waals surface area contributed by atoms with Crippen LogP contribution in [-0.4, -0.2) is 5.48 Å². The Morgan fingerprint density at radius 2 is 1.78 bits per heavy atom. The Kier molecular flexibility index (Phi) is 14.3. The highest BCUT2D eigenvalue weighted by atomic mass is 16.0. The van der Waals surface area contributed by atoms with E-state index in [0.717, 1.165) is 29.2 Å². The summed E-state index contributed by atoms with van der Waals surface area (Å²) in [4.78, 5) is 0. The van der Waals surface area contributed by atoms with Gasteiger partial charge in [-0.1, -0.05) is 88.6 Å². The van der Waals surface area contributed by atoms with Crippen LogP contribution in [0.25, 0.3) is 0 Å². The summed E-state index contributed by atoms with van der Waals surface area (Å²) >= 11 is 0. The van der Waals surface area contributed by atoms with Gasteiger partial charge in [0.1, 0.15) is 0 Å². The molecule has 1 aliphatic carbocycles. The highest BCUT2D eigenvalue weighted by molar-refractivity contribution is 5.17. The number of hydrogen-bond donors (Lipinski definition) is 0. The molecule has 0 heterocycles. The maximum atomic E-state index is 3.93. The summed E-state index contributed by atoms with van der Waals surface area (Å²) in [5.41, 5.74) is 2.81. The Morgan fingerprint density at radius 1 is 1.11 bits per heavy atom. The molecule has 2 N–H and O–H groups in total. The summed E-state index contributed by atoms with van der Waals surface area (Å²) in [5, 5.41) is 0. The van der Waals surface area contributed by atoms with Crippen LogP contribution in [0.15, 0.2) is 48.1 Å². The van der Waals surface area contributed by atoms with Gasteiger partial charge in [0.25, 0.3) is 0 Å². The summed E-state index contributed by atoms with van der Waals surface area (Å²) < 4.78 is 0. The average Bonchev–Trinajstić information content (AvgIpc) is 2.59. The van der Waals surface area contributed by atoms with E-state index in [4.69, 9.17) is 0 Å². The average molecular weight is 375 g/mol. The third-order valence-corrected chi connectivity index (χ3v) is 5.95. The number of hydrogen-bond acceptors (Lipinski definition) is 0. The van der Waals surface area contributed by atoms with Crippen molar-refractivity contribution >= 4 is 0 Å². The fourth-order valence-corrected chi connectivity index (χ4v) is 4.08. The van der Waals surface area contributed by atoms with Crippen molar-refractivity contribution in [3.8, 4) is 0 Å². The van der Waals surface area contributed by atoms with Gasteiger partial charge < -0.3 is 5.48 Å². The summed E-state index contributed by atoms with van der Waals surface area (Å²) in [7, 11) is 0. The fraction of sp³-hybridized carbons (Fsp3) is 0.692. The third-order valence-electron chi connectivity index (χ3n) is 5.95. The molecule has 0 aromatic heterocycles. The molecule has 0 aromatic carbocycles. The fourth-order valence-electron chi connectivity index (χ4n) is 4.08. The molecule has 1 aliphatic rings. The lowest BCUT2D eigenvalue weighted by Gasteiger charge is -2.33. The summed E-state index contributed by atoms with van der Waals surface area (Å²) in [6.07, 6.45) is 23.5. The molecule has 1 atom stereocenters. The molecule has 27 heavy (non-hydrogen) atoms. The van der Waals surface area contributed by atoms with Crippen LogP contribution in [0.4, 0.5) is 0 Å². The molecule has 0 amide bonds. The zero-order valence-corrected chi connectivity index (χ0v) is 18.8. The van der Waals surface area contributed by atoms with Gasteiger partial charge in [0.05, 0.1) is 0 Å². The standard InChI is InChI=1S/C26H44.H2O/c1-7-24(14-11-13-22(4)5)20-26(15-10-8-9-12-21(2)3)25-18-16-23(6)17-19-25;/h8-10,12,14,22-23,25-26H,2,7,11,13,15-20H2,1,3-6H3;1H2/b10-8-,12-9-,24-14+;. The lowest BCUT2D eigenvalue weighted by Crippen LogP contribution is -2.21. The molecule has 0 bridgehead atoms. The summed E-state index contributed by atoms with van der Waals surface area (Å²) in [6, 6.07) is 0. The van der Waals surface area contributed by atoms with E-state index in [-0.39, 0.29) is 5.48 Å². The van der Waals surface area contributed by atoms with E-state index in [1.165, 1.54) is 57.8 Å². The summed E-state index contributed by atoms with van der Waals surface area (Å²) in [6.45, 7) is 15.4. The van der Waals surface area contributed by atoms with Crippen LogP contribution in [0.2, 0.25) is 0 Å². The highest BCUT2D eigenvalue weighted by Gasteiger charge is 2.25. The van der Waals surface area contributed by atoms with Crippen LogP contribution in [0, 0.1) is 23.7 Å². The monoisotopic (exact) mass is 374 g/mol. The topological polar surface area (TPSA) is 31.5 Å². The van der Waals surface area contributed by atoms with Gasteiger partial charge in [-0.25, -0.2) is 0 Å². The first-order valence-corrected chi connectivity index (χ1v) is 11.1. The molecule has 1 heteroatoms. The second-order valence-corrected chi connectivity index (χ2v) is 9.04. The van der Waals surface area contributed by atoms with Crippen molar-refractivity contribution in [3.63, 3.8) is 0 Å². The van der Waals surface area contributed by atoms with Crippen molar-refractivity contribution in [1.82, 2.24) is 0 Å². The predicted molar refractivity (Wildman–Crippen MR) is 123 cm³/mol. The first-order chi connectivity index (χ1) is 12.4. The number of allylic oxidation sites excluding steroid dienone is 7. The Hall–Kier alpha value is -1.08. The molecular weight excluding hydrogens is 328 g/mol. The summed E-state index contributed by atoms with van der Waals surface area (Å²) in [5.74, 6) is 3.49. The zero-order valence-electron chi connectivity index (χ0n) is 18.8. The minimum absolute atomic E-state index is 0. The van der Waals surface area contributed by atoms with Crippen molar-refractivity contribution in [2.75, 3.05) is 0 Å². The van der Waals surface area contributed by atoms with E-state index < -0.39 is 0 Å². The second-order valence-electron chi connectivity index (χ2n) is 9.04. The Balaban J connectivity index is 0.00000676. The molecule has 0 spiro atoms. The van der Waals surface area contributed by atoms with Crippen LogP contribution in [0.3, 0.4) is 0 Å². The maximum absolute atomic E-state index is 3.93. The van der Waals surface area contributed by atoms with Gasteiger partial charge >= 0.3 is 0 Å². The lowest BCUT2D eigenvalue weighted by molar-refractivity contribution is 0.210. The maximum Gasteiger partial charge on any atom is -0.0286 e. The SMILES string of the molecule is C=C(C)/C=C\C=C/CC(C/C(=C/CCC(C)C)CC)C1CCC(C)CC1.O. The lowest BCUT2D eigenvalue weighted by atomic mass is 9.73. The van der Waals surface area contributed by atoms with E-state index in [2.05, 4.69) is 64.7 Å². The molecular formula is C26H46O. The Morgan fingerprint density at radius 3 is 2.33 bits per heavy atom. The molecule has 1 rings (SSSR count). The van der Waals surface area contributed by atoms with Crippen molar-refractivity contribution in [3.05, 3.63) is 48.1 Å². The van der Waals surface area contributed by atoms with E-state index in [9.17, 15) is 0 Å². The van der Waals surface area contributed by atoms with E-state index in [0.29, 0.717) is 0 Å². The molecule has 0 radical (unpaired) electrons. The van der Waals surface area contributed by atoms with Crippen molar-refractivity contribution in [2.24, 2.45) is 23.7 Å². The second kappa shape index (κ2) is 14.9. The molecule has 156 valence electrons. The van der Waals surface area contributed by atoms with Crippen molar-refractivity contribution < 1.29 is 5.48 Å². The van der Waals surface area contributed by atoms with Gasteiger partial charge in [0.2, 0.25) is 0 Å². The first kappa shape index (κ1) is 25.9. The van der Waals surface area contributed by atoms with Crippen LogP contribution >= 0.6 is 0 Å². The van der Waals surface area contributed by atoms with Crippen LogP contribution in [0.5, 0.6) is 0 Å². The number of rotatable bonds is 11. The Bertz CT molecular complexity index is 472. The van der Waals surface area contributed by atoms with Crippen molar-refractivity contribution in [2.45, 2.75) is 92.4 Å². The van der Waals surface area contributed by atoms with E-state index in [1.54, 1.807) is 5.57 Å². The molecule has 1 unspecified atom stereocenters. The van der Waals surface area contributed by atoms with E-state index in [1.807, 2.05) is 6.92 Å². The highest BCUT2D eigenvalue weighted by Crippen LogP contribution is 2.38. The third kappa shape index (κ3) is 12.1. The smallest absolute Gasteiger partial charge is 0.0286 e. The first-order valence-electron chi connectivity index (χ1n) is 11.1. The van der Waals surface area contributed by atoms with Crippen LogP contribution in [0.1, 0.15) is 92.4 Å². The molecule has 0 saturated heterocycles. The molecule has 1 nitrogen and oxygen atoms in total. The van der Waals surface area contributed by atoms with Crippen LogP contribution < -0.4 is 0 Å². The van der Waals surface area contributed by atoms with E-state index >= 15 is 0 Å². The van der Waals surface area contributed by atoms with Gasteiger partial charge in [-0.3, -0.25) is 0 Å². The largest absolute Gasteiger partial charge is 0.412 e. The predicted octanol–water partition coefficient (Wildman–Crippen LogP) is 7.85. The minimum atomic E-state index is 0. The molecule has 1 fully saturated rings. The normalized spacial score (nSPS) is 22.4. The van der Waals surface area contributed by atoms with Crippen molar-refractivity contribution in [1.29, 1.82) is 0 Å². The van der Waals surface area contributed by atoms with Gasteiger partial charge in [-0.05, 0) is 75.5 Å². The zero-order chi connectivity index (χ0) is 19.4. The van der Waals surface area contributed by atoms with Crippen LogP contribution in [-0.2, 0) is 0 Å². The molecule has 0 aliphatic heterocycles. The molecule has 1 saturated carbocycles. The quantitative estimate of drug-likeness (QED) is 0.260. The van der Waals surface area contributed by atoms with Gasteiger partial charge in [0, 0.05) is 0 Å². The van der Waals surface area contributed by atoms with Gasteiger partial charge in [0.15, 0.2) is 0 Å².